The van der Waals surface area contributed by atoms with E-state index in [4.69, 9.17) is 0 Å². The van der Waals surface area contributed by atoms with Crippen LogP contribution in [0.15, 0.2) is 18.5 Å². The lowest BCUT2D eigenvalue weighted by Gasteiger charge is -2.39. The van der Waals surface area contributed by atoms with Crippen molar-refractivity contribution in [3.63, 3.8) is 0 Å². The summed E-state index contributed by atoms with van der Waals surface area (Å²) in [7, 11) is 0. The maximum Gasteiger partial charge on any atom is 0.141 e. The molecule has 0 radical (unpaired) electrons. The van der Waals surface area contributed by atoms with Gasteiger partial charge in [0.25, 0.3) is 0 Å². The fraction of sp³-hybridized carbons (Fsp3) is 0.643. The molecule has 2 fully saturated rings. The monoisotopic (exact) mass is 249 g/mol. The van der Waals surface area contributed by atoms with Crippen LogP contribution in [0.5, 0.6) is 0 Å². The summed E-state index contributed by atoms with van der Waals surface area (Å²) in [6, 6.07) is 2.72. The molecule has 0 amide bonds. The molecule has 0 spiro atoms. The van der Waals surface area contributed by atoms with Crippen LogP contribution in [0.3, 0.4) is 0 Å². The fourth-order valence-electron chi connectivity index (χ4n) is 2.76. The highest BCUT2D eigenvalue weighted by Gasteiger charge is 2.35. The van der Waals surface area contributed by atoms with E-state index in [1.807, 2.05) is 0 Å². The number of nitrogens with one attached hydrogen (secondary N) is 1. The molecule has 2 atom stereocenters. The molecule has 0 bridgehead atoms. The lowest BCUT2D eigenvalue weighted by atomic mass is 10.1. The Labute approximate surface area is 107 Å². The van der Waals surface area contributed by atoms with Crippen LogP contribution in [-0.2, 0) is 6.54 Å². The highest BCUT2D eigenvalue weighted by Crippen LogP contribution is 2.34. The zero-order valence-corrected chi connectivity index (χ0v) is 10.8. The molecule has 98 valence electrons. The molecule has 1 saturated carbocycles. The van der Waals surface area contributed by atoms with Crippen molar-refractivity contribution in [2.24, 2.45) is 5.92 Å². The maximum atomic E-state index is 13.1. The van der Waals surface area contributed by atoms with Gasteiger partial charge in [-0.1, -0.05) is 0 Å². The van der Waals surface area contributed by atoms with Gasteiger partial charge in [-0.05, 0) is 37.3 Å². The normalized spacial score (nSPS) is 29.4. The van der Waals surface area contributed by atoms with Crippen LogP contribution >= 0.6 is 0 Å². The van der Waals surface area contributed by atoms with Crippen molar-refractivity contribution >= 4 is 0 Å². The predicted molar refractivity (Wildman–Crippen MR) is 68.6 cm³/mol. The predicted octanol–water partition coefficient (Wildman–Crippen LogP) is 1.79. The second-order valence-electron chi connectivity index (χ2n) is 5.64. The Bertz CT molecular complexity index is 419. The standard InChI is InChI=1S/C14H20FN3/c1-10-5-17-14(12-2-3-12)9-18(10)8-11-4-13(15)7-16-6-11/h4,6-7,10,12,14,17H,2-3,5,8-9H2,1H3. The average molecular weight is 249 g/mol. The molecule has 3 rings (SSSR count). The van der Waals surface area contributed by atoms with Gasteiger partial charge in [0, 0.05) is 37.9 Å². The van der Waals surface area contributed by atoms with Crippen molar-refractivity contribution in [2.75, 3.05) is 13.1 Å². The van der Waals surface area contributed by atoms with E-state index in [0.717, 1.165) is 31.1 Å². The van der Waals surface area contributed by atoms with Crippen LogP contribution < -0.4 is 5.32 Å². The molecule has 1 aliphatic carbocycles. The third-order valence-corrected chi connectivity index (χ3v) is 4.07. The molecular weight excluding hydrogens is 229 g/mol. The van der Waals surface area contributed by atoms with Crippen molar-refractivity contribution in [2.45, 2.75) is 38.4 Å². The number of hydrogen-bond donors (Lipinski definition) is 1. The zero-order chi connectivity index (χ0) is 12.5. The van der Waals surface area contributed by atoms with Gasteiger partial charge in [-0.25, -0.2) is 4.39 Å². The highest BCUT2D eigenvalue weighted by molar-refractivity contribution is 5.10. The molecule has 1 aromatic rings. The minimum atomic E-state index is -0.242. The van der Waals surface area contributed by atoms with Crippen LogP contribution in [0.4, 0.5) is 4.39 Å². The van der Waals surface area contributed by atoms with E-state index in [1.165, 1.54) is 19.0 Å². The smallest absolute Gasteiger partial charge is 0.141 e. The summed E-state index contributed by atoms with van der Waals surface area (Å²) in [5.74, 6) is 0.625. The molecule has 1 saturated heterocycles. The summed E-state index contributed by atoms with van der Waals surface area (Å²) in [5.41, 5.74) is 0.971. The van der Waals surface area contributed by atoms with Crippen molar-refractivity contribution in [1.82, 2.24) is 15.2 Å². The van der Waals surface area contributed by atoms with Crippen LogP contribution in [0.1, 0.15) is 25.3 Å². The van der Waals surface area contributed by atoms with E-state index in [-0.39, 0.29) is 5.82 Å². The molecule has 4 heteroatoms. The molecule has 2 heterocycles. The van der Waals surface area contributed by atoms with Crippen molar-refractivity contribution in [3.8, 4) is 0 Å². The minimum absolute atomic E-state index is 0.242. The Kier molecular flexibility index (Phi) is 3.31. The Hall–Kier alpha value is -1.00. The summed E-state index contributed by atoms with van der Waals surface area (Å²) in [5, 5.41) is 3.63. The zero-order valence-electron chi connectivity index (χ0n) is 10.8. The third kappa shape index (κ3) is 2.70. The number of nitrogens with zero attached hydrogens (tertiary/aromatic N) is 2. The van der Waals surface area contributed by atoms with Gasteiger partial charge in [0.1, 0.15) is 5.82 Å². The van der Waals surface area contributed by atoms with Gasteiger partial charge in [-0.3, -0.25) is 9.88 Å². The first-order chi connectivity index (χ1) is 8.72. The molecule has 2 unspecified atom stereocenters. The molecule has 3 nitrogen and oxygen atoms in total. The van der Waals surface area contributed by atoms with Gasteiger partial charge in [-0.2, -0.15) is 0 Å². The van der Waals surface area contributed by atoms with E-state index in [9.17, 15) is 4.39 Å². The van der Waals surface area contributed by atoms with Crippen LogP contribution in [0, 0.1) is 11.7 Å². The van der Waals surface area contributed by atoms with Gasteiger partial charge in [0.2, 0.25) is 0 Å². The molecule has 0 aromatic carbocycles. The largest absolute Gasteiger partial charge is 0.311 e. The van der Waals surface area contributed by atoms with Crippen LogP contribution in [0.25, 0.3) is 0 Å². The molecule has 1 N–H and O–H groups in total. The minimum Gasteiger partial charge on any atom is -0.311 e. The van der Waals surface area contributed by atoms with E-state index < -0.39 is 0 Å². The second kappa shape index (κ2) is 4.94. The van der Waals surface area contributed by atoms with Gasteiger partial charge in [0.15, 0.2) is 0 Å². The quantitative estimate of drug-likeness (QED) is 0.885. The average Bonchev–Trinajstić information content (AvgIpc) is 3.16. The fourth-order valence-corrected chi connectivity index (χ4v) is 2.76. The second-order valence-corrected chi connectivity index (χ2v) is 5.64. The lowest BCUT2D eigenvalue weighted by molar-refractivity contribution is 0.125. The number of piperazine rings is 1. The first kappa shape index (κ1) is 12.1. The van der Waals surface area contributed by atoms with Crippen LogP contribution in [-0.4, -0.2) is 35.1 Å². The first-order valence-corrected chi connectivity index (χ1v) is 6.79. The molecule has 1 aromatic heterocycles. The van der Waals surface area contributed by atoms with Gasteiger partial charge in [-0.15, -0.1) is 0 Å². The van der Waals surface area contributed by atoms with Gasteiger partial charge < -0.3 is 5.32 Å². The number of aromatic nitrogens is 1. The number of rotatable bonds is 3. The van der Waals surface area contributed by atoms with Crippen molar-refractivity contribution in [3.05, 3.63) is 29.8 Å². The first-order valence-electron chi connectivity index (χ1n) is 6.79. The molecular formula is C14H20FN3. The molecule has 18 heavy (non-hydrogen) atoms. The van der Waals surface area contributed by atoms with E-state index >= 15 is 0 Å². The summed E-state index contributed by atoms with van der Waals surface area (Å²) in [6.07, 6.45) is 5.75. The Morgan fingerprint density at radius 1 is 1.44 bits per heavy atom. The highest BCUT2D eigenvalue weighted by atomic mass is 19.1. The Morgan fingerprint density at radius 2 is 2.28 bits per heavy atom. The summed E-state index contributed by atoms with van der Waals surface area (Å²) < 4.78 is 13.1. The maximum absolute atomic E-state index is 13.1. The van der Waals surface area contributed by atoms with Crippen LogP contribution in [0.2, 0.25) is 0 Å². The number of pyridine rings is 1. The Balaban J connectivity index is 1.66. The van der Waals surface area contributed by atoms with Crippen molar-refractivity contribution in [1.29, 1.82) is 0 Å². The number of halogens is 1. The summed E-state index contributed by atoms with van der Waals surface area (Å²) in [4.78, 5) is 6.36. The number of hydrogen-bond acceptors (Lipinski definition) is 3. The van der Waals surface area contributed by atoms with E-state index in [2.05, 4.69) is 22.1 Å². The van der Waals surface area contributed by atoms with Gasteiger partial charge >= 0.3 is 0 Å². The van der Waals surface area contributed by atoms with E-state index in [1.54, 1.807) is 12.3 Å². The topological polar surface area (TPSA) is 28.2 Å². The Morgan fingerprint density at radius 3 is 3.00 bits per heavy atom. The van der Waals surface area contributed by atoms with Gasteiger partial charge in [0.05, 0.1) is 6.20 Å². The van der Waals surface area contributed by atoms with Crippen molar-refractivity contribution < 1.29 is 4.39 Å². The third-order valence-electron chi connectivity index (χ3n) is 4.07. The SMILES string of the molecule is CC1CNC(C2CC2)CN1Cc1cncc(F)c1. The van der Waals surface area contributed by atoms with E-state index in [0.29, 0.717) is 12.1 Å². The molecule has 2 aliphatic rings. The summed E-state index contributed by atoms with van der Waals surface area (Å²) >= 11 is 0. The molecule has 1 aliphatic heterocycles. The lowest BCUT2D eigenvalue weighted by Crippen LogP contribution is -2.55. The summed E-state index contributed by atoms with van der Waals surface area (Å²) in [6.45, 7) is 5.13.